The smallest absolute Gasteiger partial charge is 0.416 e. The number of halogens is 3. The molecule has 0 saturated carbocycles. The maximum Gasteiger partial charge on any atom is 0.416 e. The molecule has 0 amide bonds. The highest BCUT2D eigenvalue weighted by atomic mass is 32.2. The number of nitrogens with zero attached hydrogens (tertiary/aromatic N) is 2. The molecule has 2 heterocycles. The Hall–Kier alpha value is -1.70. The molecule has 8 heteroatoms. The first-order chi connectivity index (χ1) is 8.49. The minimum Gasteiger partial charge on any atom is -0.440 e. The summed E-state index contributed by atoms with van der Waals surface area (Å²) < 4.78 is 42.9. The second kappa shape index (κ2) is 4.89. The first kappa shape index (κ1) is 12.7. The van der Waals surface area contributed by atoms with Crippen LogP contribution < -0.4 is 5.32 Å². The average molecular weight is 275 g/mol. The van der Waals surface area contributed by atoms with Crippen molar-refractivity contribution in [3.8, 4) is 0 Å². The van der Waals surface area contributed by atoms with Crippen molar-refractivity contribution in [2.75, 3.05) is 12.4 Å². The molecule has 96 valence electrons. The normalized spacial score (nSPS) is 11.6. The van der Waals surface area contributed by atoms with Crippen LogP contribution in [0.2, 0.25) is 0 Å². The minimum absolute atomic E-state index is 0.138. The predicted octanol–water partition coefficient (Wildman–Crippen LogP) is 3.28. The summed E-state index contributed by atoms with van der Waals surface area (Å²) in [4.78, 5) is 7.81. The van der Waals surface area contributed by atoms with Gasteiger partial charge in [0.15, 0.2) is 0 Å². The second-order valence-electron chi connectivity index (χ2n) is 3.23. The lowest BCUT2D eigenvalue weighted by Gasteiger charge is -2.10. The zero-order chi connectivity index (χ0) is 13.2. The average Bonchev–Trinajstić information content (AvgIpc) is 2.80. The van der Waals surface area contributed by atoms with Gasteiger partial charge >= 0.3 is 6.18 Å². The molecule has 18 heavy (non-hydrogen) atoms. The standard InChI is InChI=1S/C10H8F3N3OS/c1-14-7-4-6(10(11,12)13)5-8(16-7)18-9-15-2-3-17-9/h2-5H,1H3,(H,14,16). The first-order valence-corrected chi connectivity index (χ1v) is 5.65. The molecule has 0 radical (unpaired) electrons. The molecule has 0 unspecified atom stereocenters. The number of rotatable bonds is 3. The van der Waals surface area contributed by atoms with E-state index in [2.05, 4.69) is 15.3 Å². The van der Waals surface area contributed by atoms with Gasteiger partial charge in [0.2, 0.25) is 0 Å². The van der Waals surface area contributed by atoms with Crippen LogP contribution >= 0.6 is 11.8 Å². The lowest BCUT2D eigenvalue weighted by Crippen LogP contribution is -2.07. The SMILES string of the molecule is CNc1cc(C(F)(F)F)cc(Sc2ncco2)n1. The largest absolute Gasteiger partial charge is 0.440 e. The van der Waals surface area contributed by atoms with Crippen molar-refractivity contribution in [3.05, 3.63) is 30.2 Å². The zero-order valence-corrected chi connectivity index (χ0v) is 9.97. The minimum atomic E-state index is -4.42. The van der Waals surface area contributed by atoms with Gasteiger partial charge in [-0.1, -0.05) is 0 Å². The van der Waals surface area contributed by atoms with Crippen molar-refractivity contribution < 1.29 is 17.6 Å². The fraction of sp³-hybridized carbons (Fsp3) is 0.200. The van der Waals surface area contributed by atoms with Crippen LogP contribution in [0.1, 0.15) is 5.56 Å². The van der Waals surface area contributed by atoms with Crippen molar-refractivity contribution >= 4 is 17.6 Å². The lowest BCUT2D eigenvalue weighted by atomic mass is 10.2. The molecule has 2 aromatic heterocycles. The van der Waals surface area contributed by atoms with Crippen LogP contribution in [0.3, 0.4) is 0 Å². The van der Waals surface area contributed by atoms with Gasteiger partial charge in [-0.15, -0.1) is 0 Å². The Morgan fingerprint density at radius 2 is 2.11 bits per heavy atom. The Bertz CT molecular complexity index is 528. The molecule has 0 aliphatic heterocycles. The maximum absolute atomic E-state index is 12.7. The van der Waals surface area contributed by atoms with E-state index < -0.39 is 11.7 Å². The summed E-state index contributed by atoms with van der Waals surface area (Å²) in [6.45, 7) is 0. The molecule has 0 aliphatic carbocycles. The number of pyridine rings is 1. The van der Waals surface area contributed by atoms with E-state index in [1.54, 1.807) is 0 Å². The lowest BCUT2D eigenvalue weighted by molar-refractivity contribution is -0.137. The number of hydrogen-bond acceptors (Lipinski definition) is 5. The van der Waals surface area contributed by atoms with Gasteiger partial charge in [0.05, 0.1) is 11.8 Å². The van der Waals surface area contributed by atoms with Crippen molar-refractivity contribution in [2.45, 2.75) is 16.4 Å². The summed E-state index contributed by atoms with van der Waals surface area (Å²) in [5.74, 6) is 0.138. The van der Waals surface area contributed by atoms with Crippen LogP contribution in [-0.4, -0.2) is 17.0 Å². The molecule has 0 saturated heterocycles. The summed E-state index contributed by atoms with van der Waals surface area (Å²) in [6, 6.07) is 1.90. The molecule has 0 atom stereocenters. The molecule has 0 spiro atoms. The number of alkyl halides is 3. The Morgan fingerprint density at radius 1 is 1.33 bits per heavy atom. The fourth-order valence-electron chi connectivity index (χ4n) is 1.20. The molecule has 4 nitrogen and oxygen atoms in total. The molecule has 2 rings (SSSR count). The molecular formula is C10H8F3N3OS. The van der Waals surface area contributed by atoms with E-state index >= 15 is 0 Å². The maximum atomic E-state index is 12.7. The van der Waals surface area contributed by atoms with Gasteiger partial charge < -0.3 is 9.73 Å². The third kappa shape index (κ3) is 2.95. The van der Waals surface area contributed by atoms with Crippen molar-refractivity contribution in [3.63, 3.8) is 0 Å². The van der Waals surface area contributed by atoms with Crippen LogP contribution in [0.25, 0.3) is 0 Å². The summed E-state index contributed by atoms with van der Waals surface area (Å²) in [5, 5.41) is 2.99. The number of anilines is 1. The van der Waals surface area contributed by atoms with Gasteiger partial charge in [0.25, 0.3) is 5.22 Å². The predicted molar refractivity (Wildman–Crippen MR) is 59.4 cm³/mol. The quantitative estimate of drug-likeness (QED) is 0.931. The van der Waals surface area contributed by atoms with E-state index in [1.165, 1.54) is 19.5 Å². The topological polar surface area (TPSA) is 51.0 Å². The van der Waals surface area contributed by atoms with Crippen LogP contribution in [0.15, 0.2) is 39.3 Å². The van der Waals surface area contributed by atoms with Crippen molar-refractivity contribution in [1.29, 1.82) is 0 Å². The highest BCUT2D eigenvalue weighted by molar-refractivity contribution is 7.99. The number of aromatic nitrogens is 2. The Balaban J connectivity index is 2.35. The van der Waals surface area contributed by atoms with Crippen LogP contribution in [0, 0.1) is 0 Å². The van der Waals surface area contributed by atoms with Gasteiger partial charge in [0, 0.05) is 7.05 Å². The van der Waals surface area contributed by atoms with Gasteiger partial charge in [0.1, 0.15) is 17.1 Å². The number of hydrogen-bond donors (Lipinski definition) is 1. The van der Waals surface area contributed by atoms with Crippen molar-refractivity contribution in [1.82, 2.24) is 9.97 Å². The molecule has 1 N–H and O–H groups in total. The molecule has 0 bridgehead atoms. The van der Waals surface area contributed by atoms with Gasteiger partial charge in [-0.05, 0) is 23.9 Å². The molecular weight excluding hydrogens is 267 g/mol. The van der Waals surface area contributed by atoms with Crippen LogP contribution in [0.4, 0.5) is 19.0 Å². The Kier molecular flexibility index (Phi) is 3.46. The number of oxazole rings is 1. The van der Waals surface area contributed by atoms with E-state index in [0.717, 1.165) is 23.9 Å². The number of nitrogens with one attached hydrogen (secondary N) is 1. The van der Waals surface area contributed by atoms with E-state index in [4.69, 9.17) is 4.42 Å². The highest BCUT2D eigenvalue weighted by Crippen LogP contribution is 2.34. The van der Waals surface area contributed by atoms with Gasteiger partial charge in [-0.3, -0.25) is 0 Å². The second-order valence-corrected chi connectivity index (χ2v) is 4.20. The molecule has 0 aliphatic rings. The van der Waals surface area contributed by atoms with E-state index in [9.17, 15) is 13.2 Å². The monoisotopic (exact) mass is 275 g/mol. The third-order valence-electron chi connectivity index (χ3n) is 1.99. The molecule has 0 aromatic carbocycles. The van der Waals surface area contributed by atoms with E-state index in [0.29, 0.717) is 0 Å². The van der Waals surface area contributed by atoms with E-state index in [1.807, 2.05) is 0 Å². The fourth-order valence-corrected chi connectivity index (χ4v) is 1.93. The Labute approximate surface area is 105 Å². The molecule has 2 aromatic rings. The van der Waals surface area contributed by atoms with Crippen molar-refractivity contribution in [2.24, 2.45) is 0 Å². The molecule has 0 fully saturated rings. The van der Waals surface area contributed by atoms with Crippen LogP contribution in [-0.2, 0) is 6.18 Å². The van der Waals surface area contributed by atoms with Crippen LogP contribution in [0.5, 0.6) is 0 Å². The highest BCUT2D eigenvalue weighted by Gasteiger charge is 2.31. The summed E-state index contributed by atoms with van der Waals surface area (Å²) >= 11 is 0.925. The third-order valence-corrected chi connectivity index (χ3v) is 2.78. The Morgan fingerprint density at radius 3 is 2.67 bits per heavy atom. The first-order valence-electron chi connectivity index (χ1n) is 4.83. The van der Waals surface area contributed by atoms with Gasteiger partial charge in [-0.2, -0.15) is 13.2 Å². The van der Waals surface area contributed by atoms with Gasteiger partial charge in [-0.25, -0.2) is 9.97 Å². The zero-order valence-electron chi connectivity index (χ0n) is 9.15. The summed E-state index contributed by atoms with van der Waals surface area (Å²) in [6.07, 6.45) is -1.66. The van der Waals surface area contributed by atoms with E-state index in [-0.39, 0.29) is 16.1 Å². The summed E-state index contributed by atoms with van der Waals surface area (Å²) in [7, 11) is 1.50. The summed E-state index contributed by atoms with van der Waals surface area (Å²) in [5.41, 5.74) is -0.768.